The van der Waals surface area contributed by atoms with Gasteiger partial charge in [0.2, 0.25) is 5.75 Å². The van der Waals surface area contributed by atoms with Gasteiger partial charge in [0.25, 0.3) is 0 Å². The first-order valence-electron chi connectivity index (χ1n) is 10.9. The average Bonchev–Trinajstić information content (AvgIpc) is 3.23. The quantitative estimate of drug-likeness (QED) is 0.422. The molecule has 0 aliphatic carbocycles. The highest BCUT2D eigenvalue weighted by Crippen LogP contribution is 2.37. The number of ether oxygens (including phenoxy) is 2. The van der Waals surface area contributed by atoms with E-state index in [-0.39, 0.29) is 5.75 Å². The second-order valence-corrected chi connectivity index (χ2v) is 7.68. The van der Waals surface area contributed by atoms with Crippen molar-refractivity contribution in [1.29, 1.82) is 0 Å². The number of benzene rings is 2. The van der Waals surface area contributed by atoms with E-state index < -0.39 is 0 Å². The first-order chi connectivity index (χ1) is 15.1. The molecule has 1 aliphatic heterocycles. The maximum Gasteiger partial charge on any atom is 0.200 e. The molecule has 7 nitrogen and oxygen atoms in total. The number of hydrogen-bond donors (Lipinski definition) is 3. The summed E-state index contributed by atoms with van der Waals surface area (Å²) < 4.78 is 10.5. The molecular formula is C24H34N4O3. The third kappa shape index (κ3) is 6.28. The average molecular weight is 427 g/mol. The molecule has 0 bridgehead atoms. The molecule has 1 saturated heterocycles. The van der Waals surface area contributed by atoms with Crippen LogP contribution in [0.4, 0.5) is 0 Å². The summed E-state index contributed by atoms with van der Waals surface area (Å²) in [5.41, 5.74) is 2.25. The lowest BCUT2D eigenvalue weighted by atomic mass is 10.2. The lowest BCUT2D eigenvalue weighted by Crippen LogP contribution is -2.44. The Morgan fingerprint density at radius 2 is 1.81 bits per heavy atom. The maximum absolute atomic E-state index is 10.1. The van der Waals surface area contributed by atoms with Gasteiger partial charge in [-0.15, -0.1) is 0 Å². The minimum atomic E-state index is 0.00232. The smallest absolute Gasteiger partial charge is 0.200 e. The van der Waals surface area contributed by atoms with Crippen LogP contribution in [-0.4, -0.2) is 55.9 Å². The number of hydrogen-bond acceptors (Lipinski definition) is 5. The van der Waals surface area contributed by atoms with Crippen molar-refractivity contribution in [3.05, 3.63) is 53.6 Å². The zero-order chi connectivity index (χ0) is 22.1. The van der Waals surface area contributed by atoms with E-state index in [1.165, 1.54) is 32.6 Å². The highest BCUT2D eigenvalue weighted by Gasteiger charge is 2.24. The predicted octanol–water partition coefficient (Wildman–Crippen LogP) is 3.13. The van der Waals surface area contributed by atoms with Crippen molar-refractivity contribution in [3.63, 3.8) is 0 Å². The summed E-state index contributed by atoms with van der Waals surface area (Å²) in [6, 6.07) is 14.7. The number of phenols is 1. The van der Waals surface area contributed by atoms with Gasteiger partial charge in [-0.3, -0.25) is 4.90 Å². The molecule has 0 aromatic heterocycles. The minimum Gasteiger partial charge on any atom is -0.502 e. The third-order valence-electron chi connectivity index (χ3n) is 5.54. The second-order valence-electron chi connectivity index (χ2n) is 7.68. The molecule has 0 amide bonds. The first-order valence-corrected chi connectivity index (χ1v) is 10.9. The van der Waals surface area contributed by atoms with Gasteiger partial charge in [0.1, 0.15) is 0 Å². The molecule has 31 heavy (non-hydrogen) atoms. The van der Waals surface area contributed by atoms with Crippen molar-refractivity contribution in [1.82, 2.24) is 15.5 Å². The molecule has 1 unspecified atom stereocenters. The number of nitrogens with zero attached hydrogens (tertiary/aromatic N) is 2. The Balaban J connectivity index is 1.62. The second kappa shape index (κ2) is 11.5. The van der Waals surface area contributed by atoms with Gasteiger partial charge < -0.3 is 25.2 Å². The summed E-state index contributed by atoms with van der Waals surface area (Å²) in [5, 5.41) is 16.9. The van der Waals surface area contributed by atoms with Gasteiger partial charge in [-0.25, -0.2) is 4.99 Å². The number of aromatic hydroxyl groups is 1. The van der Waals surface area contributed by atoms with Gasteiger partial charge in [0.15, 0.2) is 17.5 Å². The molecule has 0 spiro atoms. The zero-order valence-electron chi connectivity index (χ0n) is 18.7. The molecule has 1 heterocycles. The topological polar surface area (TPSA) is 78.4 Å². The van der Waals surface area contributed by atoms with Crippen molar-refractivity contribution in [3.8, 4) is 17.2 Å². The van der Waals surface area contributed by atoms with Crippen molar-refractivity contribution < 1.29 is 14.6 Å². The van der Waals surface area contributed by atoms with Gasteiger partial charge in [-0.05, 0) is 49.6 Å². The van der Waals surface area contributed by atoms with Gasteiger partial charge in [-0.2, -0.15) is 0 Å². The normalized spacial score (nSPS) is 16.9. The standard InChI is InChI=1S/C24H34N4O3/c1-4-25-24(26-15-19-13-21(30-2)23(29)22(14-19)31-3)27-16-20-11-8-12-28(20)17-18-9-6-5-7-10-18/h5-7,9-10,13-14,20,29H,4,8,11-12,15-17H2,1-3H3,(H2,25,26,27). The van der Waals surface area contributed by atoms with Crippen LogP contribution >= 0.6 is 0 Å². The first kappa shape index (κ1) is 22.7. The third-order valence-corrected chi connectivity index (χ3v) is 5.54. The van der Waals surface area contributed by atoms with Crippen molar-refractivity contribution in [2.75, 3.05) is 33.9 Å². The van der Waals surface area contributed by atoms with Gasteiger partial charge >= 0.3 is 0 Å². The van der Waals surface area contributed by atoms with Gasteiger partial charge in [0.05, 0.1) is 20.8 Å². The molecule has 2 aromatic carbocycles. The maximum atomic E-state index is 10.1. The van der Waals surface area contributed by atoms with Crippen LogP contribution in [0.15, 0.2) is 47.5 Å². The number of nitrogens with one attached hydrogen (secondary N) is 2. The molecule has 1 fully saturated rings. The summed E-state index contributed by atoms with van der Waals surface area (Å²) in [7, 11) is 3.05. The van der Waals surface area contributed by atoms with E-state index in [0.717, 1.165) is 37.7 Å². The van der Waals surface area contributed by atoms with Crippen LogP contribution in [0.5, 0.6) is 17.2 Å². The molecule has 7 heteroatoms. The van der Waals surface area contributed by atoms with E-state index in [9.17, 15) is 5.11 Å². The number of aliphatic imine (C=N–C) groups is 1. The van der Waals surface area contributed by atoms with Gasteiger partial charge in [-0.1, -0.05) is 30.3 Å². The van der Waals surface area contributed by atoms with Crippen molar-refractivity contribution in [2.45, 2.75) is 38.9 Å². The van der Waals surface area contributed by atoms with Crippen LogP contribution in [0.3, 0.4) is 0 Å². The lowest BCUT2D eigenvalue weighted by Gasteiger charge is -2.25. The van der Waals surface area contributed by atoms with Crippen LogP contribution in [-0.2, 0) is 13.1 Å². The highest BCUT2D eigenvalue weighted by molar-refractivity contribution is 5.79. The summed E-state index contributed by atoms with van der Waals surface area (Å²) in [4.78, 5) is 7.26. The van der Waals surface area contributed by atoms with E-state index in [4.69, 9.17) is 14.5 Å². The summed E-state index contributed by atoms with van der Waals surface area (Å²) in [6.07, 6.45) is 2.41. The Bertz CT molecular complexity index is 832. The SMILES string of the molecule is CCNC(=NCc1cc(OC)c(O)c(OC)c1)NCC1CCCN1Cc1ccccc1. The summed E-state index contributed by atoms with van der Waals surface area (Å²) in [6.45, 7) is 6.24. The Labute approximate surface area is 185 Å². The van der Waals surface area contributed by atoms with E-state index in [1.807, 2.05) is 0 Å². The zero-order valence-corrected chi connectivity index (χ0v) is 18.7. The summed E-state index contributed by atoms with van der Waals surface area (Å²) >= 11 is 0. The molecule has 0 saturated carbocycles. The number of rotatable bonds is 9. The fraction of sp³-hybridized carbons (Fsp3) is 0.458. The highest BCUT2D eigenvalue weighted by atomic mass is 16.5. The van der Waals surface area contributed by atoms with Crippen molar-refractivity contribution >= 4 is 5.96 Å². The molecule has 2 aromatic rings. The molecule has 1 atom stereocenters. The summed E-state index contributed by atoms with van der Waals surface area (Å²) in [5.74, 6) is 1.54. The van der Waals surface area contributed by atoms with Gasteiger partial charge in [0, 0.05) is 25.7 Å². The molecule has 0 radical (unpaired) electrons. The number of likely N-dealkylation sites (tertiary alicyclic amines) is 1. The van der Waals surface area contributed by atoms with Crippen LogP contribution in [0.25, 0.3) is 0 Å². The number of methoxy groups -OCH3 is 2. The van der Waals surface area contributed by atoms with E-state index in [1.54, 1.807) is 12.1 Å². The van der Waals surface area contributed by atoms with E-state index in [2.05, 4.69) is 52.8 Å². The number of guanidine groups is 1. The molecule has 1 aliphatic rings. The fourth-order valence-electron chi connectivity index (χ4n) is 3.92. The monoisotopic (exact) mass is 426 g/mol. The molecule has 3 N–H and O–H groups in total. The van der Waals surface area contributed by atoms with Crippen LogP contribution < -0.4 is 20.1 Å². The van der Waals surface area contributed by atoms with E-state index >= 15 is 0 Å². The van der Waals surface area contributed by atoms with Crippen LogP contribution in [0.1, 0.15) is 30.9 Å². The number of phenolic OH excluding ortho intramolecular Hbond substituents is 1. The molecule has 168 valence electrons. The van der Waals surface area contributed by atoms with Crippen LogP contribution in [0, 0.1) is 0 Å². The van der Waals surface area contributed by atoms with Crippen molar-refractivity contribution in [2.24, 2.45) is 4.99 Å². The Hall–Kier alpha value is -2.93. The molecular weight excluding hydrogens is 392 g/mol. The Kier molecular flexibility index (Phi) is 8.41. The predicted molar refractivity (Wildman–Crippen MR) is 124 cm³/mol. The largest absolute Gasteiger partial charge is 0.502 e. The Morgan fingerprint density at radius 1 is 1.10 bits per heavy atom. The minimum absolute atomic E-state index is 0.00232. The molecule has 3 rings (SSSR count). The Morgan fingerprint density at radius 3 is 2.45 bits per heavy atom. The fourth-order valence-corrected chi connectivity index (χ4v) is 3.92. The lowest BCUT2D eigenvalue weighted by molar-refractivity contribution is 0.245. The van der Waals surface area contributed by atoms with Crippen LogP contribution in [0.2, 0.25) is 0 Å². The van der Waals surface area contributed by atoms with E-state index in [0.29, 0.717) is 24.1 Å².